The van der Waals surface area contributed by atoms with E-state index in [2.05, 4.69) is 19.9 Å². The van der Waals surface area contributed by atoms with Crippen LogP contribution in [0.5, 0.6) is 0 Å². The second kappa shape index (κ2) is 19.3. The lowest BCUT2D eigenvalue weighted by molar-refractivity contribution is 0.262. The molecule has 0 aliphatic heterocycles. The number of aryl methyl sites for hydroxylation is 3. The van der Waals surface area contributed by atoms with Crippen molar-refractivity contribution in [1.29, 1.82) is 0 Å². The quantitative estimate of drug-likeness (QED) is 0.0899. The average Bonchev–Trinajstić information content (AvgIpc) is 1.55. The van der Waals surface area contributed by atoms with Crippen molar-refractivity contribution in [2.24, 2.45) is 53.3 Å². The number of hydrogen-bond acceptors (Lipinski definition) is 9. The van der Waals surface area contributed by atoms with Gasteiger partial charge in [-0.05, 0) is 188 Å². The minimum atomic E-state index is -3.56. The van der Waals surface area contributed by atoms with Gasteiger partial charge in [-0.1, -0.05) is 41.5 Å². The molecule has 18 rings (SSSR count). The first kappa shape index (κ1) is 37.4. The monoisotopic (exact) mass is 1080 g/mol. The van der Waals surface area contributed by atoms with Crippen molar-refractivity contribution >= 4 is 33.5 Å². The summed E-state index contributed by atoms with van der Waals surface area (Å²) in [5.74, 6) is 7.29. The average molecular weight is 1080 g/mol. The molecule has 18 heteroatoms. The summed E-state index contributed by atoms with van der Waals surface area (Å²) in [5.41, 5.74) is -6.06. The first-order valence-electron chi connectivity index (χ1n) is 36.7. The van der Waals surface area contributed by atoms with Crippen LogP contribution in [0.4, 0.5) is 0 Å². The van der Waals surface area contributed by atoms with Crippen molar-refractivity contribution < 1.29 is 20.6 Å². The highest BCUT2D eigenvalue weighted by Gasteiger charge is 2.62. The summed E-state index contributed by atoms with van der Waals surface area (Å²) in [6.07, 6.45) is 13.3. The lowest BCUT2D eigenvalue weighted by Gasteiger charge is -2.30. The Kier molecular flexibility index (Phi) is 9.27. The van der Waals surface area contributed by atoms with E-state index in [1.165, 1.54) is 50.0 Å². The van der Waals surface area contributed by atoms with Crippen LogP contribution in [0, 0.1) is 53.3 Å². The van der Waals surface area contributed by atoms with E-state index in [1.807, 2.05) is 6.92 Å². The Balaban J connectivity index is 0.000000128. The van der Waals surface area contributed by atoms with Crippen molar-refractivity contribution in [3.05, 3.63) is 80.0 Å². The fourth-order valence-corrected chi connectivity index (χ4v) is 18.3. The smallest absolute Gasteiger partial charge is 0.332 e. The van der Waals surface area contributed by atoms with Gasteiger partial charge in [-0.25, -0.2) is 29.3 Å². The first-order valence-corrected chi connectivity index (χ1v) is 29.2. The van der Waals surface area contributed by atoms with Gasteiger partial charge < -0.3 is 15.0 Å². The van der Waals surface area contributed by atoms with Crippen LogP contribution in [0.3, 0.4) is 0 Å². The molecule has 12 saturated carbocycles. The lowest BCUT2D eigenvalue weighted by atomic mass is 9.75. The normalized spacial score (nSPS) is 36.3. The summed E-state index contributed by atoms with van der Waals surface area (Å²) >= 11 is 0. The van der Waals surface area contributed by atoms with Gasteiger partial charge in [0, 0.05) is 67.6 Å². The number of nitrogens with zero attached hydrogens (tertiary/aromatic N) is 9. The maximum atomic E-state index is 13.5. The van der Waals surface area contributed by atoms with Gasteiger partial charge in [0.05, 0.1) is 8.22 Å². The van der Waals surface area contributed by atoms with Crippen LogP contribution in [-0.4, -0.2) is 57.3 Å². The van der Waals surface area contributed by atoms with Gasteiger partial charge in [0.15, 0.2) is 16.9 Å². The molecule has 6 aromatic heterocycles. The van der Waals surface area contributed by atoms with Gasteiger partial charge in [0.1, 0.15) is 34.0 Å². The summed E-state index contributed by atoms with van der Waals surface area (Å²) in [7, 11) is 0. The molecule has 6 unspecified atom stereocenters. The van der Waals surface area contributed by atoms with Gasteiger partial charge in [0.25, 0.3) is 16.7 Å². The van der Waals surface area contributed by atoms with Crippen LogP contribution in [-0.2, 0) is 55.3 Å². The topological polar surface area (TPSA) is 218 Å². The molecule has 0 saturated heterocycles. The van der Waals surface area contributed by atoms with E-state index in [0.29, 0.717) is 76.3 Å². The molecule has 12 bridgehead atoms. The second-order valence-corrected chi connectivity index (χ2v) is 24.8. The highest BCUT2D eigenvalue weighted by molar-refractivity contribution is 5.72. The number of aromatic amines is 3. The van der Waals surface area contributed by atoms with Crippen LogP contribution < -0.4 is 33.7 Å². The molecular weight excluding hydrogens is 985 g/mol. The number of H-pyrrole nitrogens is 3. The molecule has 12 fully saturated rings. The zero-order valence-corrected chi connectivity index (χ0v) is 45.5. The van der Waals surface area contributed by atoms with E-state index in [4.69, 9.17) is 30.5 Å². The Hall–Kier alpha value is -5.55. The third-order valence-electron chi connectivity index (χ3n) is 20.4. The molecule has 0 aromatic carbocycles. The largest absolute Gasteiger partial charge is 0.336 e. The number of hydrogen-bond donors (Lipinski definition) is 3. The van der Waals surface area contributed by atoms with Crippen molar-refractivity contribution in [2.45, 2.75) is 232 Å². The zero-order chi connectivity index (χ0) is 67.4. The van der Waals surface area contributed by atoms with Gasteiger partial charge >= 0.3 is 17.1 Å². The molecule has 78 heavy (non-hydrogen) atoms. The summed E-state index contributed by atoms with van der Waals surface area (Å²) in [5, 5.41) is 0. The highest BCUT2D eigenvalue weighted by atomic mass is 16.2. The molecule has 0 radical (unpaired) electrons. The Morgan fingerprint density at radius 2 is 0.718 bits per heavy atom. The van der Waals surface area contributed by atoms with Gasteiger partial charge in [-0.15, -0.1) is 0 Å². The molecular formula is C60H84N12O6. The highest BCUT2D eigenvalue weighted by Crippen LogP contribution is 2.67. The Morgan fingerprint density at radius 1 is 0.423 bits per heavy atom. The molecule has 6 heterocycles. The summed E-state index contributed by atoms with van der Waals surface area (Å²) in [6, 6.07) is 0. The molecule has 0 amide bonds. The van der Waals surface area contributed by atoms with Crippen molar-refractivity contribution in [3.63, 3.8) is 0 Å². The molecule has 12 aliphatic carbocycles. The zero-order valence-electron chi connectivity index (χ0n) is 60.5. The third-order valence-corrected chi connectivity index (χ3v) is 20.4. The van der Waals surface area contributed by atoms with Crippen LogP contribution in [0.2, 0.25) is 0 Å². The van der Waals surface area contributed by atoms with E-state index in [-0.39, 0.29) is 73.3 Å². The molecule has 6 atom stereocenters. The van der Waals surface area contributed by atoms with Crippen molar-refractivity contribution in [3.8, 4) is 0 Å². The molecule has 18 nitrogen and oxygen atoms in total. The number of nitrogens with one attached hydrogen (secondary N) is 3. The summed E-state index contributed by atoms with van der Waals surface area (Å²) in [4.78, 5) is 103. The predicted molar refractivity (Wildman–Crippen MR) is 301 cm³/mol. The predicted octanol–water partition coefficient (Wildman–Crippen LogP) is 8.35. The van der Waals surface area contributed by atoms with Gasteiger partial charge in [0.2, 0.25) is 0 Å². The van der Waals surface area contributed by atoms with E-state index < -0.39 is 85.1 Å². The van der Waals surface area contributed by atoms with Gasteiger partial charge in [-0.2, -0.15) is 0 Å². The van der Waals surface area contributed by atoms with E-state index in [1.54, 1.807) is 20.8 Å². The standard InChI is InChI=1S/3C20H28N4O2/c3*1-3-5-23-16-15(17(25)24(6-4-2)19(23)26)21-18(22-16)20-10-12-7-13(11-20)9-14(20)8-12/h3*12-14H,3-11H2,1-2H3,(H,21,22)/i1D3,3D2,5D2,6D2;5D2,6D2;6D2. The Labute approximate surface area is 475 Å². The number of aromatic nitrogens is 12. The Bertz CT molecular complexity index is 4370. The lowest BCUT2D eigenvalue weighted by Crippen LogP contribution is -2.40. The second-order valence-electron chi connectivity index (χ2n) is 24.8. The fraction of sp³-hybridized carbons (Fsp3) is 0.750. The SMILES string of the molecule is [2H]C([2H])(CC)n1c(=O)c2[nH]c(C34CC5CC(CC3C5)C4)nc2n(C([2H])([2H])C([2H])([2H])C([2H])([2H])[2H])c1=O.[2H]C([2H])(CC)n1c(=O)c2[nH]c(C34CC5CC(CC3C5)C4)nc2n(C([2H])([2H])CC)c1=O.[2H]C([2H])(CC)n1c(=O)c2[nH]c(C34CC5CC(CC3C5)C4)nc2n(CCC)c1=O. The summed E-state index contributed by atoms with van der Waals surface area (Å²) in [6.45, 7) is -7.20. The van der Waals surface area contributed by atoms with Crippen LogP contribution >= 0.6 is 0 Å². The number of rotatable bonds is 15. The molecule has 420 valence electrons. The third kappa shape index (κ3) is 7.67. The maximum Gasteiger partial charge on any atom is 0.332 e. The minimum absolute atomic E-state index is 0.00452. The van der Waals surface area contributed by atoms with Crippen molar-refractivity contribution in [2.75, 3.05) is 0 Å². The van der Waals surface area contributed by atoms with E-state index in [9.17, 15) is 28.8 Å². The number of imidazole rings is 3. The van der Waals surface area contributed by atoms with E-state index in [0.717, 1.165) is 84.6 Å². The molecule has 0 spiro atoms. The molecule has 12 aliphatic rings. The first-order chi connectivity index (χ1) is 43.3. The van der Waals surface area contributed by atoms with Crippen molar-refractivity contribution in [1.82, 2.24) is 57.3 Å². The minimum Gasteiger partial charge on any atom is -0.336 e. The van der Waals surface area contributed by atoms with Crippen LogP contribution in [0.25, 0.3) is 33.5 Å². The summed E-state index contributed by atoms with van der Waals surface area (Å²) < 4.78 is 126. The van der Waals surface area contributed by atoms with Crippen LogP contribution in [0.1, 0.15) is 214 Å². The number of fused-ring (bicyclic) bond motifs is 3. The van der Waals surface area contributed by atoms with Gasteiger partial charge in [-0.3, -0.25) is 41.8 Å². The molecule has 3 N–H and O–H groups in total. The van der Waals surface area contributed by atoms with Crippen LogP contribution in [0.15, 0.2) is 28.8 Å². The Morgan fingerprint density at radius 3 is 1.03 bits per heavy atom. The maximum absolute atomic E-state index is 13.5. The fourth-order valence-electron chi connectivity index (χ4n) is 18.3. The van der Waals surface area contributed by atoms with E-state index >= 15 is 0 Å². The molecule has 6 aromatic rings.